The molecule has 10 nitrogen and oxygen atoms in total. The molecule has 1 aromatic carbocycles. The molecule has 0 aliphatic carbocycles. The lowest BCUT2D eigenvalue weighted by Gasteiger charge is -2.36. The molecule has 0 amide bonds. The molecule has 19 heteroatoms. The highest BCUT2D eigenvalue weighted by Gasteiger charge is 2.39. The number of benzene rings is 1. The van der Waals surface area contributed by atoms with Gasteiger partial charge in [-0.05, 0) is 62.6 Å². The number of carboxylic acids is 2. The van der Waals surface area contributed by atoms with Crippen molar-refractivity contribution in [3.63, 3.8) is 0 Å². The Labute approximate surface area is 299 Å². The highest BCUT2D eigenvalue weighted by molar-refractivity contribution is 7.99. The van der Waals surface area contributed by atoms with E-state index in [1.165, 1.54) is 4.70 Å². The zero-order valence-electron chi connectivity index (χ0n) is 26.7. The number of rotatable bonds is 7. The number of likely N-dealkylation sites (tertiary alicyclic amines) is 1. The number of halogens is 6. The van der Waals surface area contributed by atoms with E-state index in [1.807, 2.05) is 60.9 Å². The third-order valence-electron chi connectivity index (χ3n) is 7.26. The van der Waals surface area contributed by atoms with Crippen molar-refractivity contribution in [1.82, 2.24) is 19.9 Å². The molecule has 0 bridgehead atoms. The van der Waals surface area contributed by atoms with Gasteiger partial charge in [-0.3, -0.25) is 4.98 Å². The van der Waals surface area contributed by atoms with Crippen LogP contribution in [-0.2, 0) is 15.0 Å². The van der Waals surface area contributed by atoms with Crippen molar-refractivity contribution < 1.29 is 50.9 Å². The number of aliphatic carboxylic acids is 2. The number of thiophene rings is 1. The van der Waals surface area contributed by atoms with Crippen LogP contribution < -0.4 is 10.1 Å². The predicted octanol–water partition coefficient (Wildman–Crippen LogP) is 9.08. The molecule has 1 aliphatic rings. The summed E-state index contributed by atoms with van der Waals surface area (Å²) in [5.74, 6) is -3.44. The highest BCUT2D eigenvalue weighted by Crippen LogP contribution is 2.41. The van der Waals surface area contributed by atoms with Gasteiger partial charge in [-0.1, -0.05) is 36.9 Å². The number of para-hydroxylation sites is 1. The fraction of sp³-hybridized carbons (Fsp3) is 0.281. The van der Waals surface area contributed by atoms with Gasteiger partial charge in [0.05, 0.1) is 15.9 Å². The van der Waals surface area contributed by atoms with Crippen molar-refractivity contribution in [2.45, 2.75) is 47.3 Å². The SMILES string of the molecule is CN1CCC(C)(c2csc(Nc3ncc(Sc4ccnc5ccsc45)cc3Oc3ccccc3)n2)CC1.O=C(O)C(F)(F)F.O=C(O)C(F)(F)F. The molecule has 6 rings (SSSR count). The van der Waals surface area contributed by atoms with Gasteiger partial charge in [0, 0.05) is 39.0 Å². The number of carboxylic acid groups (broad SMARTS) is 2. The maximum Gasteiger partial charge on any atom is 0.490 e. The molecule has 272 valence electrons. The van der Waals surface area contributed by atoms with Gasteiger partial charge in [0.2, 0.25) is 0 Å². The third-order valence-corrected chi connectivity index (χ3v) is 10.1. The van der Waals surface area contributed by atoms with Crippen LogP contribution in [0.2, 0.25) is 0 Å². The summed E-state index contributed by atoms with van der Waals surface area (Å²) in [5.41, 5.74) is 2.28. The molecular weight excluding hydrogens is 745 g/mol. The van der Waals surface area contributed by atoms with E-state index in [1.54, 1.807) is 34.4 Å². The number of aromatic nitrogens is 3. The fourth-order valence-corrected chi connectivity index (χ4v) is 7.15. The number of alkyl halides is 6. The second kappa shape index (κ2) is 16.7. The lowest BCUT2D eigenvalue weighted by molar-refractivity contribution is -0.193. The zero-order chi connectivity index (χ0) is 37.4. The van der Waals surface area contributed by atoms with Crippen LogP contribution in [0.5, 0.6) is 11.5 Å². The summed E-state index contributed by atoms with van der Waals surface area (Å²) in [6.45, 7) is 4.53. The number of nitrogens with one attached hydrogen (secondary N) is 1. The minimum absolute atomic E-state index is 0.109. The summed E-state index contributed by atoms with van der Waals surface area (Å²) >= 11 is 4.99. The van der Waals surface area contributed by atoms with Crippen LogP contribution in [0.4, 0.5) is 37.3 Å². The standard InChI is InChI=1S/C28H27N5OS3.2C2HF3O2/c1-28(10-13-33(2)14-11-28)24-18-36-27(31-24)32-26-22(34-19-6-4-3-5-7-19)16-20(17-30-26)37-23-8-12-29-21-9-15-35-25(21)23;2*3-2(4,5)1(6)7/h3-9,12,15-18H,10-11,13-14H2,1-2H3,(H,30,31,32);2*(H,6,7). The Bertz CT molecular complexity index is 1910. The van der Waals surface area contributed by atoms with Gasteiger partial charge in [-0.15, -0.1) is 22.7 Å². The quantitative estimate of drug-likeness (QED) is 0.137. The summed E-state index contributed by atoms with van der Waals surface area (Å²) in [5, 5.41) is 22.8. The van der Waals surface area contributed by atoms with Gasteiger partial charge in [0.25, 0.3) is 0 Å². The number of ether oxygens (including phenoxy) is 1. The summed E-state index contributed by atoms with van der Waals surface area (Å²) in [6, 6.07) is 15.9. The van der Waals surface area contributed by atoms with E-state index >= 15 is 0 Å². The van der Waals surface area contributed by atoms with Crippen LogP contribution in [0, 0.1) is 0 Å². The molecule has 0 saturated carbocycles. The normalized spacial score (nSPS) is 14.4. The predicted molar refractivity (Wildman–Crippen MR) is 181 cm³/mol. The lowest BCUT2D eigenvalue weighted by Crippen LogP contribution is -2.39. The van der Waals surface area contributed by atoms with Gasteiger partial charge in [0.15, 0.2) is 16.7 Å². The van der Waals surface area contributed by atoms with Crippen molar-refractivity contribution >= 4 is 67.5 Å². The first kappa shape index (κ1) is 39.3. The minimum atomic E-state index is -5.08. The molecule has 4 aromatic heterocycles. The largest absolute Gasteiger partial charge is 0.490 e. The smallest absolute Gasteiger partial charge is 0.475 e. The number of nitrogens with zero attached hydrogens (tertiary/aromatic N) is 4. The molecular formula is C32H29F6N5O5S3. The van der Waals surface area contributed by atoms with Crippen LogP contribution in [0.3, 0.4) is 0 Å². The molecule has 3 N–H and O–H groups in total. The topological polar surface area (TPSA) is 138 Å². The minimum Gasteiger partial charge on any atom is -0.475 e. The Balaban J connectivity index is 0.000000353. The van der Waals surface area contributed by atoms with Gasteiger partial charge in [-0.25, -0.2) is 19.6 Å². The number of hydrogen-bond acceptors (Lipinski definition) is 11. The third kappa shape index (κ3) is 11.3. The Kier molecular flexibility index (Phi) is 12.9. The Hall–Kier alpha value is -4.46. The number of hydrogen-bond donors (Lipinski definition) is 3. The van der Waals surface area contributed by atoms with Crippen molar-refractivity contribution in [1.29, 1.82) is 0 Å². The van der Waals surface area contributed by atoms with E-state index in [0.29, 0.717) is 11.6 Å². The van der Waals surface area contributed by atoms with E-state index in [2.05, 4.69) is 39.9 Å². The van der Waals surface area contributed by atoms with E-state index in [9.17, 15) is 26.3 Å². The summed E-state index contributed by atoms with van der Waals surface area (Å²) in [7, 11) is 2.19. The van der Waals surface area contributed by atoms with Gasteiger partial charge in [0.1, 0.15) is 5.75 Å². The van der Waals surface area contributed by atoms with E-state index < -0.39 is 24.3 Å². The van der Waals surface area contributed by atoms with E-state index in [0.717, 1.165) is 57.8 Å². The molecule has 5 aromatic rings. The average Bonchev–Trinajstić information content (AvgIpc) is 3.75. The first-order chi connectivity index (χ1) is 23.9. The zero-order valence-corrected chi connectivity index (χ0v) is 29.1. The van der Waals surface area contributed by atoms with Crippen LogP contribution in [-0.4, -0.2) is 74.5 Å². The first-order valence-corrected chi connectivity index (χ1v) is 17.3. The Morgan fingerprint density at radius 2 is 1.59 bits per heavy atom. The van der Waals surface area contributed by atoms with E-state index in [4.69, 9.17) is 34.5 Å². The van der Waals surface area contributed by atoms with Crippen LogP contribution in [0.15, 0.2) is 81.5 Å². The lowest BCUT2D eigenvalue weighted by atomic mass is 9.78. The number of thiazole rings is 1. The second-order valence-corrected chi connectivity index (χ2v) is 14.0. The number of carbonyl (C=O) groups is 2. The molecule has 1 saturated heterocycles. The summed E-state index contributed by atoms with van der Waals surface area (Å²) in [4.78, 5) is 36.5. The van der Waals surface area contributed by atoms with Gasteiger partial charge in [-0.2, -0.15) is 26.3 Å². The fourth-order valence-electron chi connectivity index (χ4n) is 4.40. The molecule has 1 aliphatic heterocycles. The number of anilines is 2. The Morgan fingerprint density at radius 3 is 2.20 bits per heavy atom. The van der Waals surface area contributed by atoms with Crippen molar-refractivity contribution in [3.8, 4) is 11.5 Å². The molecule has 1 fully saturated rings. The Morgan fingerprint density at radius 1 is 0.961 bits per heavy atom. The van der Waals surface area contributed by atoms with Crippen LogP contribution in [0.1, 0.15) is 25.5 Å². The maximum absolute atomic E-state index is 10.6. The van der Waals surface area contributed by atoms with E-state index in [-0.39, 0.29) is 5.41 Å². The summed E-state index contributed by atoms with van der Waals surface area (Å²) < 4.78 is 71.0. The first-order valence-electron chi connectivity index (χ1n) is 14.7. The van der Waals surface area contributed by atoms with Crippen molar-refractivity contribution in [2.75, 3.05) is 25.5 Å². The maximum atomic E-state index is 10.6. The molecule has 5 heterocycles. The molecule has 0 radical (unpaired) electrons. The average molecular weight is 774 g/mol. The van der Waals surface area contributed by atoms with Crippen molar-refractivity contribution in [2.24, 2.45) is 0 Å². The van der Waals surface area contributed by atoms with Crippen LogP contribution >= 0.6 is 34.4 Å². The monoisotopic (exact) mass is 773 g/mol. The number of fused-ring (bicyclic) bond motifs is 1. The van der Waals surface area contributed by atoms with Crippen LogP contribution in [0.25, 0.3) is 10.2 Å². The van der Waals surface area contributed by atoms with Gasteiger partial charge < -0.3 is 25.2 Å². The van der Waals surface area contributed by atoms with Gasteiger partial charge >= 0.3 is 24.3 Å². The number of piperidine rings is 1. The second-order valence-electron chi connectivity index (χ2n) is 11.1. The molecule has 0 unspecified atom stereocenters. The van der Waals surface area contributed by atoms with Crippen molar-refractivity contribution in [3.05, 3.63) is 77.4 Å². The number of pyridine rings is 2. The molecule has 0 spiro atoms. The molecule has 0 atom stereocenters. The molecule has 51 heavy (non-hydrogen) atoms. The highest BCUT2D eigenvalue weighted by atomic mass is 32.2. The summed E-state index contributed by atoms with van der Waals surface area (Å²) in [6.07, 6.45) is -4.19.